The molecule has 0 saturated carbocycles. The molecule has 0 unspecified atom stereocenters. The number of ether oxygens (including phenoxy) is 1. The van der Waals surface area contributed by atoms with Gasteiger partial charge in [-0.3, -0.25) is 9.48 Å². The van der Waals surface area contributed by atoms with Gasteiger partial charge in [-0.1, -0.05) is 6.07 Å². The SMILES string of the molecule is Nc1c2n(n(-c3ccccn3)c1=O)CCOCC2. The molecule has 6 heteroatoms. The van der Waals surface area contributed by atoms with Crippen LogP contribution in [0.2, 0.25) is 0 Å². The highest BCUT2D eigenvalue weighted by Gasteiger charge is 2.20. The van der Waals surface area contributed by atoms with E-state index in [-0.39, 0.29) is 5.56 Å². The highest BCUT2D eigenvalue weighted by Crippen LogP contribution is 2.15. The first-order valence-electron chi connectivity index (χ1n) is 5.88. The Kier molecular flexibility index (Phi) is 2.64. The van der Waals surface area contributed by atoms with Crippen molar-refractivity contribution in [3.63, 3.8) is 0 Å². The van der Waals surface area contributed by atoms with Crippen molar-refractivity contribution in [2.24, 2.45) is 0 Å². The molecule has 0 bridgehead atoms. The molecule has 2 aromatic rings. The molecule has 3 heterocycles. The van der Waals surface area contributed by atoms with Crippen LogP contribution in [0.15, 0.2) is 29.2 Å². The third kappa shape index (κ3) is 1.62. The highest BCUT2D eigenvalue weighted by molar-refractivity contribution is 5.44. The first-order chi connectivity index (χ1) is 8.79. The van der Waals surface area contributed by atoms with Gasteiger partial charge in [-0.2, -0.15) is 4.68 Å². The quantitative estimate of drug-likeness (QED) is 0.779. The van der Waals surface area contributed by atoms with Crippen molar-refractivity contribution in [1.29, 1.82) is 0 Å². The number of hydrogen-bond acceptors (Lipinski definition) is 4. The Morgan fingerprint density at radius 1 is 1.33 bits per heavy atom. The number of nitrogen functional groups attached to an aromatic ring is 1. The average Bonchev–Trinajstić information content (AvgIpc) is 2.60. The van der Waals surface area contributed by atoms with Gasteiger partial charge < -0.3 is 10.5 Å². The molecule has 0 aliphatic carbocycles. The Labute approximate surface area is 104 Å². The maximum Gasteiger partial charge on any atom is 0.296 e. The minimum Gasteiger partial charge on any atom is -0.393 e. The second-order valence-corrected chi connectivity index (χ2v) is 4.15. The van der Waals surface area contributed by atoms with Crippen LogP contribution in [0.4, 0.5) is 5.69 Å². The summed E-state index contributed by atoms with van der Waals surface area (Å²) in [6, 6.07) is 5.45. The van der Waals surface area contributed by atoms with Gasteiger partial charge in [0, 0.05) is 12.6 Å². The summed E-state index contributed by atoms with van der Waals surface area (Å²) in [5, 5.41) is 0. The van der Waals surface area contributed by atoms with Gasteiger partial charge in [-0.15, -0.1) is 0 Å². The predicted octanol–water partition coefficient (Wildman–Crippen LogP) is 0.189. The number of nitrogens with zero attached hydrogens (tertiary/aromatic N) is 3. The molecule has 0 amide bonds. The molecule has 0 saturated heterocycles. The van der Waals surface area contributed by atoms with E-state index in [0.717, 1.165) is 5.69 Å². The molecule has 0 radical (unpaired) electrons. The molecule has 18 heavy (non-hydrogen) atoms. The third-order valence-electron chi connectivity index (χ3n) is 3.08. The van der Waals surface area contributed by atoms with Crippen molar-refractivity contribution in [2.45, 2.75) is 13.0 Å². The fourth-order valence-electron chi connectivity index (χ4n) is 2.23. The number of nitrogens with two attached hydrogens (primary N) is 1. The number of aromatic nitrogens is 3. The molecule has 0 aromatic carbocycles. The van der Waals surface area contributed by atoms with Crippen LogP contribution in [-0.4, -0.2) is 27.6 Å². The Morgan fingerprint density at radius 2 is 2.22 bits per heavy atom. The summed E-state index contributed by atoms with van der Waals surface area (Å²) in [6.45, 7) is 1.78. The molecule has 94 valence electrons. The summed E-state index contributed by atoms with van der Waals surface area (Å²) in [7, 11) is 0. The average molecular weight is 246 g/mol. The summed E-state index contributed by atoms with van der Waals surface area (Å²) in [5.41, 5.74) is 6.82. The van der Waals surface area contributed by atoms with Crippen molar-refractivity contribution in [1.82, 2.24) is 14.3 Å². The first-order valence-corrected chi connectivity index (χ1v) is 5.88. The van der Waals surface area contributed by atoms with Crippen molar-refractivity contribution >= 4 is 5.69 Å². The van der Waals surface area contributed by atoms with E-state index in [4.69, 9.17) is 10.5 Å². The van der Waals surface area contributed by atoms with Crippen molar-refractivity contribution in [3.05, 3.63) is 40.4 Å². The summed E-state index contributed by atoms with van der Waals surface area (Å²) in [5.74, 6) is 0.586. The van der Waals surface area contributed by atoms with Crippen molar-refractivity contribution in [2.75, 3.05) is 18.9 Å². The van der Waals surface area contributed by atoms with E-state index in [9.17, 15) is 4.79 Å². The van der Waals surface area contributed by atoms with Gasteiger partial charge in [-0.25, -0.2) is 4.98 Å². The van der Waals surface area contributed by atoms with Gasteiger partial charge in [0.25, 0.3) is 5.56 Å². The second kappa shape index (κ2) is 4.30. The number of anilines is 1. The molecular formula is C12H14N4O2. The minimum atomic E-state index is -0.203. The molecule has 6 nitrogen and oxygen atoms in total. The van der Waals surface area contributed by atoms with Crippen LogP contribution in [0.1, 0.15) is 5.69 Å². The van der Waals surface area contributed by atoms with Gasteiger partial charge >= 0.3 is 0 Å². The summed E-state index contributed by atoms with van der Waals surface area (Å²) < 4.78 is 8.80. The Balaban J connectivity index is 2.24. The van der Waals surface area contributed by atoms with E-state index in [1.54, 1.807) is 12.3 Å². The Morgan fingerprint density at radius 3 is 3.00 bits per heavy atom. The summed E-state index contributed by atoms with van der Waals surface area (Å²) >= 11 is 0. The summed E-state index contributed by atoms with van der Waals surface area (Å²) in [4.78, 5) is 16.4. The third-order valence-corrected chi connectivity index (χ3v) is 3.08. The number of pyridine rings is 1. The molecule has 2 N–H and O–H groups in total. The molecule has 0 atom stereocenters. The lowest BCUT2D eigenvalue weighted by molar-refractivity contribution is 0.137. The van der Waals surface area contributed by atoms with Gasteiger partial charge in [-0.05, 0) is 12.1 Å². The van der Waals surface area contributed by atoms with E-state index in [1.807, 2.05) is 16.8 Å². The zero-order chi connectivity index (χ0) is 12.5. The van der Waals surface area contributed by atoms with Gasteiger partial charge in [0.05, 0.1) is 25.5 Å². The molecule has 1 aliphatic heterocycles. The zero-order valence-electron chi connectivity index (χ0n) is 9.87. The maximum absolute atomic E-state index is 12.2. The van der Waals surface area contributed by atoms with Crippen molar-refractivity contribution < 1.29 is 4.74 Å². The minimum absolute atomic E-state index is 0.203. The smallest absolute Gasteiger partial charge is 0.296 e. The van der Waals surface area contributed by atoms with Crippen LogP contribution in [0, 0.1) is 0 Å². The number of rotatable bonds is 1. The topological polar surface area (TPSA) is 75.1 Å². The van der Waals surface area contributed by atoms with E-state index in [2.05, 4.69) is 4.98 Å². The lowest BCUT2D eigenvalue weighted by Crippen LogP contribution is -2.24. The van der Waals surface area contributed by atoms with Crippen LogP contribution < -0.4 is 11.3 Å². The second-order valence-electron chi connectivity index (χ2n) is 4.15. The van der Waals surface area contributed by atoms with Crippen molar-refractivity contribution in [3.8, 4) is 5.82 Å². The van der Waals surface area contributed by atoms with Gasteiger partial charge in [0.15, 0.2) is 5.82 Å². The fourth-order valence-corrected chi connectivity index (χ4v) is 2.23. The van der Waals surface area contributed by atoms with Gasteiger partial charge in [0.1, 0.15) is 5.69 Å². The molecule has 1 aliphatic rings. The molecular weight excluding hydrogens is 232 g/mol. The molecule has 3 rings (SSSR count). The van der Waals surface area contributed by atoms with E-state index in [0.29, 0.717) is 37.7 Å². The van der Waals surface area contributed by atoms with Crippen LogP contribution in [-0.2, 0) is 17.7 Å². The largest absolute Gasteiger partial charge is 0.393 e. The maximum atomic E-state index is 12.2. The van der Waals surface area contributed by atoms with Crippen LogP contribution >= 0.6 is 0 Å². The van der Waals surface area contributed by atoms with Crippen LogP contribution in [0.5, 0.6) is 0 Å². The molecule has 0 spiro atoms. The number of hydrogen-bond donors (Lipinski definition) is 1. The Bertz CT molecular complexity index is 615. The van der Waals surface area contributed by atoms with E-state index >= 15 is 0 Å². The summed E-state index contributed by atoms with van der Waals surface area (Å²) in [6.07, 6.45) is 2.31. The van der Waals surface area contributed by atoms with E-state index < -0.39 is 0 Å². The number of fused-ring (bicyclic) bond motifs is 1. The molecule has 2 aromatic heterocycles. The Hall–Kier alpha value is -2.08. The molecule has 0 fully saturated rings. The van der Waals surface area contributed by atoms with Crippen LogP contribution in [0.25, 0.3) is 5.82 Å². The monoisotopic (exact) mass is 246 g/mol. The van der Waals surface area contributed by atoms with Crippen LogP contribution in [0.3, 0.4) is 0 Å². The normalized spacial score (nSPS) is 15.1. The lowest BCUT2D eigenvalue weighted by atomic mass is 10.3. The first kappa shape index (κ1) is 11.0. The van der Waals surface area contributed by atoms with E-state index in [1.165, 1.54) is 4.68 Å². The highest BCUT2D eigenvalue weighted by atomic mass is 16.5. The predicted molar refractivity (Wildman–Crippen MR) is 66.8 cm³/mol. The van der Waals surface area contributed by atoms with Gasteiger partial charge in [0.2, 0.25) is 0 Å². The fraction of sp³-hybridized carbons (Fsp3) is 0.333. The zero-order valence-corrected chi connectivity index (χ0v) is 9.87. The lowest BCUT2D eigenvalue weighted by Gasteiger charge is -2.10. The standard InChI is InChI=1S/C12H14N4O2/c13-11-9-4-7-18-8-6-15(9)16(12(11)17)10-3-1-2-5-14-10/h1-3,5H,4,6-8,13H2.